The van der Waals surface area contributed by atoms with Gasteiger partial charge in [-0.05, 0) is 24.8 Å². The molecular formula is C13H15ClN2O2S. The second-order valence-corrected chi connectivity index (χ2v) is 6.89. The predicted molar refractivity (Wildman–Crippen MR) is 74.6 cm³/mol. The first-order valence-electron chi connectivity index (χ1n) is 6.07. The van der Waals surface area contributed by atoms with Crippen molar-refractivity contribution in [2.24, 2.45) is 0 Å². The minimum Gasteiger partial charge on any atom is -0.271 e. The zero-order chi connectivity index (χ0) is 13.7. The van der Waals surface area contributed by atoms with Gasteiger partial charge < -0.3 is 0 Å². The van der Waals surface area contributed by atoms with Crippen LogP contribution in [-0.2, 0) is 22.0 Å². The van der Waals surface area contributed by atoms with E-state index in [0.29, 0.717) is 6.54 Å². The summed E-state index contributed by atoms with van der Waals surface area (Å²) in [4.78, 5) is 0.0530. The summed E-state index contributed by atoms with van der Waals surface area (Å²) in [5, 5.41) is 3.98. The third kappa shape index (κ3) is 4.36. The van der Waals surface area contributed by atoms with Crippen molar-refractivity contribution >= 4 is 19.7 Å². The fourth-order valence-electron chi connectivity index (χ4n) is 1.84. The monoisotopic (exact) mass is 298 g/mol. The van der Waals surface area contributed by atoms with Crippen molar-refractivity contribution in [3.8, 4) is 0 Å². The molecule has 0 saturated heterocycles. The van der Waals surface area contributed by atoms with Crippen molar-refractivity contribution in [2.45, 2.75) is 30.7 Å². The molecule has 2 aromatic rings. The van der Waals surface area contributed by atoms with E-state index in [9.17, 15) is 8.42 Å². The van der Waals surface area contributed by atoms with E-state index in [2.05, 4.69) is 17.2 Å². The summed E-state index contributed by atoms with van der Waals surface area (Å²) in [5.41, 5.74) is 1.31. The molecule has 0 saturated carbocycles. The van der Waals surface area contributed by atoms with Crippen LogP contribution in [0.4, 0.5) is 0 Å². The van der Waals surface area contributed by atoms with E-state index in [1.54, 1.807) is 4.68 Å². The first-order valence-corrected chi connectivity index (χ1v) is 8.38. The summed E-state index contributed by atoms with van der Waals surface area (Å²) in [5.74, 6) is 0. The fourth-order valence-corrected chi connectivity index (χ4v) is 2.50. The van der Waals surface area contributed by atoms with Crippen molar-refractivity contribution in [3.05, 3.63) is 48.3 Å². The normalized spacial score (nSPS) is 11.6. The first kappa shape index (κ1) is 14.1. The standard InChI is InChI=1S/C13H15ClN2O2S/c14-19(17,18)13-10-15-16(11-13)9-5-4-8-12-6-2-1-3-7-12/h1-3,6-7,10-11H,4-5,8-9H2. The number of halogens is 1. The highest BCUT2D eigenvalue weighted by atomic mass is 35.7. The summed E-state index contributed by atoms with van der Waals surface area (Å²) < 4.78 is 23.8. The average Bonchev–Trinajstić information content (AvgIpc) is 2.85. The number of rotatable bonds is 6. The van der Waals surface area contributed by atoms with Gasteiger partial charge in [0.05, 0.1) is 6.20 Å². The van der Waals surface area contributed by atoms with Gasteiger partial charge >= 0.3 is 0 Å². The fraction of sp³-hybridized carbons (Fsp3) is 0.308. The number of hydrogen-bond donors (Lipinski definition) is 0. The highest BCUT2D eigenvalue weighted by Gasteiger charge is 2.12. The van der Waals surface area contributed by atoms with Gasteiger partial charge in [0.25, 0.3) is 9.05 Å². The lowest BCUT2D eigenvalue weighted by molar-refractivity contribution is 0.556. The third-order valence-corrected chi connectivity index (χ3v) is 4.14. The zero-order valence-electron chi connectivity index (χ0n) is 10.4. The summed E-state index contributed by atoms with van der Waals surface area (Å²) in [6.45, 7) is 0.694. The second kappa shape index (κ2) is 6.21. The third-order valence-electron chi connectivity index (χ3n) is 2.84. The van der Waals surface area contributed by atoms with E-state index in [0.717, 1.165) is 19.3 Å². The second-order valence-electron chi connectivity index (χ2n) is 4.32. The Hall–Kier alpha value is -1.33. The molecule has 0 N–H and O–H groups in total. The summed E-state index contributed by atoms with van der Waals surface area (Å²) >= 11 is 0. The Morgan fingerprint density at radius 3 is 2.53 bits per heavy atom. The SMILES string of the molecule is O=S(=O)(Cl)c1cnn(CCCCc2ccccc2)c1. The van der Waals surface area contributed by atoms with Gasteiger partial charge in [-0.15, -0.1) is 0 Å². The molecule has 0 spiro atoms. The Labute approximate surface area is 117 Å². The van der Waals surface area contributed by atoms with Gasteiger partial charge in [0.1, 0.15) is 4.90 Å². The quantitative estimate of drug-likeness (QED) is 0.609. The number of unbranched alkanes of at least 4 members (excludes halogenated alkanes) is 1. The highest BCUT2D eigenvalue weighted by molar-refractivity contribution is 8.13. The van der Waals surface area contributed by atoms with Gasteiger partial charge in [-0.2, -0.15) is 5.10 Å². The summed E-state index contributed by atoms with van der Waals surface area (Å²) in [6.07, 6.45) is 5.73. The predicted octanol–water partition coefficient (Wildman–Crippen LogP) is 2.83. The van der Waals surface area contributed by atoms with Crippen molar-refractivity contribution in [1.29, 1.82) is 0 Å². The maximum Gasteiger partial charge on any atom is 0.264 e. The number of benzene rings is 1. The molecule has 0 aliphatic rings. The highest BCUT2D eigenvalue weighted by Crippen LogP contribution is 2.13. The molecule has 6 heteroatoms. The van der Waals surface area contributed by atoms with Crippen LogP contribution in [0.5, 0.6) is 0 Å². The van der Waals surface area contributed by atoms with Crippen LogP contribution < -0.4 is 0 Å². The number of hydrogen-bond acceptors (Lipinski definition) is 3. The maximum atomic E-state index is 11.1. The molecule has 0 amide bonds. The molecule has 1 aromatic heterocycles. The molecule has 102 valence electrons. The lowest BCUT2D eigenvalue weighted by Gasteiger charge is -2.02. The first-order chi connectivity index (χ1) is 9.05. The van der Waals surface area contributed by atoms with Crippen LogP contribution in [0.15, 0.2) is 47.6 Å². The van der Waals surface area contributed by atoms with Crippen LogP contribution in [0.2, 0.25) is 0 Å². The van der Waals surface area contributed by atoms with E-state index in [-0.39, 0.29) is 4.90 Å². The van der Waals surface area contributed by atoms with E-state index in [1.165, 1.54) is 18.0 Å². The smallest absolute Gasteiger partial charge is 0.264 e. The molecule has 1 aromatic carbocycles. The topological polar surface area (TPSA) is 52.0 Å². The number of aryl methyl sites for hydroxylation is 2. The van der Waals surface area contributed by atoms with E-state index in [1.807, 2.05) is 18.2 Å². The van der Waals surface area contributed by atoms with Crippen molar-refractivity contribution in [2.75, 3.05) is 0 Å². The van der Waals surface area contributed by atoms with Crippen molar-refractivity contribution < 1.29 is 8.42 Å². The molecule has 4 nitrogen and oxygen atoms in total. The largest absolute Gasteiger partial charge is 0.271 e. The Kier molecular flexibility index (Phi) is 4.61. The van der Waals surface area contributed by atoms with Crippen molar-refractivity contribution in [1.82, 2.24) is 9.78 Å². The molecule has 0 bridgehead atoms. The maximum absolute atomic E-state index is 11.1. The van der Waals surface area contributed by atoms with Crippen LogP contribution in [-0.4, -0.2) is 18.2 Å². The van der Waals surface area contributed by atoms with Crippen LogP contribution in [0.3, 0.4) is 0 Å². The molecule has 2 rings (SSSR count). The van der Waals surface area contributed by atoms with Crippen LogP contribution in [0.25, 0.3) is 0 Å². The molecule has 0 fully saturated rings. The van der Waals surface area contributed by atoms with Crippen molar-refractivity contribution in [3.63, 3.8) is 0 Å². The van der Waals surface area contributed by atoms with E-state index in [4.69, 9.17) is 10.7 Å². The van der Waals surface area contributed by atoms with E-state index < -0.39 is 9.05 Å². The van der Waals surface area contributed by atoms with Crippen LogP contribution in [0, 0.1) is 0 Å². The minimum absolute atomic E-state index is 0.0530. The molecule has 0 aliphatic heterocycles. The Balaban J connectivity index is 1.79. The molecule has 1 heterocycles. The Morgan fingerprint density at radius 2 is 1.89 bits per heavy atom. The summed E-state index contributed by atoms with van der Waals surface area (Å²) in [6, 6.07) is 10.3. The van der Waals surface area contributed by atoms with Crippen LogP contribution in [0.1, 0.15) is 18.4 Å². The molecule has 0 aliphatic carbocycles. The zero-order valence-corrected chi connectivity index (χ0v) is 11.9. The van der Waals surface area contributed by atoms with Gasteiger partial charge in [0, 0.05) is 23.4 Å². The number of nitrogens with zero attached hydrogens (tertiary/aromatic N) is 2. The minimum atomic E-state index is -3.67. The summed E-state index contributed by atoms with van der Waals surface area (Å²) in [7, 11) is 1.57. The molecule has 19 heavy (non-hydrogen) atoms. The van der Waals surface area contributed by atoms with Gasteiger partial charge in [-0.3, -0.25) is 4.68 Å². The molecule has 0 atom stereocenters. The Bertz CT molecular complexity index is 623. The molecule has 0 unspecified atom stereocenters. The van der Waals surface area contributed by atoms with Crippen LogP contribution >= 0.6 is 10.7 Å². The molecular weight excluding hydrogens is 284 g/mol. The van der Waals surface area contributed by atoms with Gasteiger partial charge in [0.2, 0.25) is 0 Å². The van der Waals surface area contributed by atoms with E-state index >= 15 is 0 Å². The Morgan fingerprint density at radius 1 is 1.16 bits per heavy atom. The van der Waals surface area contributed by atoms with Gasteiger partial charge in [-0.1, -0.05) is 30.3 Å². The molecule has 0 radical (unpaired) electrons. The lowest BCUT2D eigenvalue weighted by atomic mass is 10.1. The lowest BCUT2D eigenvalue weighted by Crippen LogP contribution is -1.99. The van der Waals surface area contributed by atoms with Gasteiger partial charge in [-0.25, -0.2) is 8.42 Å². The van der Waals surface area contributed by atoms with Gasteiger partial charge in [0.15, 0.2) is 0 Å². The number of aromatic nitrogens is 2. The average molecular weight is 299 g/mol.